The van der Waals surface area contributed by atoms with Crippen LogP contribution in [-0.4, -0.2) is 42.9 Å². The molecule has 0 saturated carbocycles. The standard InChI is InChI=1S/C15H16N4O4S/c1-23-14-5-4-10(7-17-14)19-13(21)9-16-12(20)8-18-15(22)11-3-2-6-24-11/h2-7H,8-9H2,1H3,(H,16,20)(H,18,22)(H,19,21). The van der Waals surface area contributed by atoms with Crippen LogP contribution in [0.25, 0.3) is 0 Å². The lowest BCUT2D eigenvalue weighted by molar-refractivity contribution is -0.123. The van der Waals surface area contributed by atoms with Crippen LogP contribution in [0.2, 0.25) is 0 Å². The molecule has 2 rings (SSSR count). The molecule has 2 heterocycles. The lowest BCUT2D eigenvalue weighted by atomic mass is 10.4. The summed E-state index contributed by atoms with van der Waals surface area (Å²) in [5, 5.41) is 9.24. The number of carbonyl (C=O) groups is 3. The van der Waals surface area contributed by atoms with Crippen LogP contribution in [0.15, 0.2) is 35.8 Å². The average molecular weight is 348 g/mol. The Kier molecular flexibility index (Phi) is 6.26. The number of aromatic nitrogens is 1. The minimum atomic E-state index is -0.456. The lowest BCUT2D eigenvalue weighted by Gasteiger charge is -2.08. The number of amides is 3. The number of methoxy groups -OCH3 is 1. The van der Waals surface area contributed by atoms with E-state index < -0.39 is 11.8 Å². The highest BCUT2D eigenvalue weighted by atomic mass is 32.1. The summed E-state index contributed by atoms with van der Waals surface area (Å²) in [5.74, 6) is -0.750. The van der Waals surface area contributed by atoms with Crippen molar-refractivity contribution >= 4 is 34.7 Å². The quantitative estimate of drug-likeness (QED) is 0.680. The Morgan fingerprint density at radius 3 is 2.54 bits per heavy atom. The van der Waals surface area contributed by atoms with Crippen molar-refractivity contribution in [3.8, 4) is 5.88 Å². The zero-order valence-electron chi connectivity index (χ0n) is 12.9. The van der Waals surface area contributed by atoms with Gasteiger partial charge in [0.2, 0.25) is 17.7 Å². The number of carbonyl (C=O) groups excluding carboxylic acids is 3. The Labute approximate surface area is 142 Å². The first-order chi connectivity index (χ1) is 11.6. The molecule has 0 aliphatic heterocycles. The number of rotatable bonds is 7. The van der Waals surface area contributed by atoms with E-state index in [1.54, 1.807) is 29.6 Å². The van der Waals surface area contributed by atoms with Crippen LogP contribution in [0, 0.1) is 0 Å². The summed E-state index contributed by atoms with van der Waals surface area (Å²) in [6, 6.07) is 6.65. The molecule has 3 N–H and O–H groups in total. The van der Waals surface area contributed by atoms with E-state index >= 15 is 0 Å². The molecule has 2 aromatic rings. The van der Waals surface area contributed by atoms with Gasteiger partial charge in [0.25, 0.3) is 5.91 Å². The van der Waals surface area contributed by atoms with Crippen molar-refractivity contribution in [2.75, 3.05) is 25.5 Å². The van der Waals surface area contributed by atoms with Crippen molar-refractivity contribution in [2.45, 2.75) is 0 Å². The summed E-state index contributed by atoms with van der Waals surface area (Å²) in [6.45, 7) is -0.409. The van der Waals surface area contributed by atoms with Crippen molar-refractivity contribution in [3.63, 3.8) is 0 Å². The van der Waals surface area contributed by atoms with Crippen LogP contribution in [-0.2, 0) is 9.59 Å². The predicted molar refractivity (Wildman–Crippen MR) is 89.1 cm³/mol. The van der Waals surface area contributed by atoms with Crippen LogP contribution in [0.3, 0.4) is 0 Å². The van der Waals surface area contributed by atoms with E-state index in [2.05, 4.69) is 20.9 Å². The molecular formula is C15H16N4O4S. The lowest BCUT2D eigenvalue weighted by Crippen LogP contribution is -2.40. The third-order valence-electron chi connectivity index (χ3n) is 2.83. The van der Waals surface area contributed by atoms with Crippen molar-refractivity contribution in [1.29, 1.82) is 0 Å². The van der Waals surface area contributed by atoms with Gasteiger partial charge in [-0.2, -0.15) is 0 Å². The Morgan fingerprint density at radius 2 is 1.92 bits per heavy atom. The van der Waals surface area contributed by atoms with Gasteiger partial charge in [0.15, 0.2) is 0 Å². The molecule has 0 bridgehead atoms. The molecule has 0 aliphatic carbocycles. The molecule has 0 atom stereocenters. The Balaban J connectivity index is 1.68. The maximum Gasteiger partial charge on any atom is 0.261 e. The second-order valence-electron chi connectivity index (χ2n) is 4.57. The first-order valence-corrected chi connectivity index (χ1v) is 7.84. The fraction of sp³-hybridized carbons (Fsp3) is 0.200. The van der Waals surface area contributed by atoms with Gasteiger partial charge < -0.3 is 20.7 Å². The van der Waals surface area contributed by atoms with Gasteiger partial charge in [-0.05, 0) is 17.5 Å². The van der Waals surface area contributed by atoms with Gasteiger partial charge >= 0.3 is 0 Å². The summed E-state index contributed by atoms with van der Waals surface area (Å²) in [4.78, 5) is 39.5. The van der Waals surface area contributed by atoms with Crippen molar-refractivity contribution in [2.24, 2.45) is 0 Å². The third kappa shape index (κ3) is 5.36. The monoisotopic (exact) mass is 348 g/mol. The molecule has 24 heavy (non-hydrogen) atoms. The predicted octanol–water partition coefficient (Wildman–Crippen LogP) is 0.636. The molecule has 0 radical (unpaired) electrons. The van der Waals surface area contributed by atoms with Crippen molar-refractivity contribution in [1.82, 2.24) is 15.6 Å². The summed E-state index contributed by atoms with van der Waals surface area (Å²) in [7, 11) is 1.49. The summed E-state index contributed by atoms with van der Waals surface area (Å²) in [6.07, 6.45) is 1.44. The number of nitrogens with zero attached hydrogens (tertiary/aromatic N) is 1. The van der Waals surface area contributed by atoms with Crippen LogP contribution >= 0.6 is 11.3 Å². The Bertz CT molecular complexity index is 701. The number of hydrogen-bond acceptors (Lipinski definition) is 6. The molecule has 0 fully saturated rings. The Morgan fingerprint density at radius 1 is 1.12 bits per heavy atom. The maximum atomic E-state index is 11.7. The zero-order valence-corrected chi connectivity index (χ0v) is 13.7. The fourth-order valence-corrected chi connectivity index (χ4v) is 2.32. The topological polar surface area (TPSA) is 109 Å². The minimum Gasteiger partial charge on any atom is -0.481 e. The molecule has 3 amide bonds. The third-order valence-corrected chi connectivity index (χ3v) is 3.70. The van der Waals surface area contributed by atoms with Crippen LogP contribution < -0.4 is 20.7 Å². The zero-order chi connectivity index (χ0) is 17.4. The minimum absolute atomic E-state index is 0.200. The van der Waals surface area contributed by atoms with Gasteiger partial charge in [-0.25, -0.2) is 4.98 Å². The van der Waals surface area contributed by atoms with Gasteiger partial charge in [0.1, 0.15) is 0 Å². The number of ether oxygens (including phenoxy) is 1. The van der Waals surface area contributed by atoms with Gasteiger partial charge in [-0.1, -0.05) is 6.07 Å². The van der Waals surface area contributed by atoms with Crippen LogP contribution in [0.4, 0.5) is 5.69 Å². The van der Waals surface area contributed by atoms with E-state index in [-0.39, 0.29) is 19.0 Å². The van der Waals surface area contributed by atoms with E-state index in [1.807, 2.05) is 0 Å². The van der Waals surface area contributed by atoms with E-state index in [0.29, 0.717) is 16.4 Å². The second kappa shape index (κ2) is 8.63. The molecular weight excluding hydrogens is 332 g/mol. The second-order valence-corrected chi connectivity index (χ2v) is 5.52. The molecule has 126 valence electrons. The first-order valence-electron chi connectivity index (χ1n) is 6.97. The highest BCUT2D eigenvalue weighted by Crippen LogP contribution is 2.10. The van der Waals surface area contributed by atoms with E-state index in [9.17, 15) is 14.4 Å². The van der Waals surface area contributed by atoms with E-state index in [1.165, 1.54) is 24.6 Å². The average Bonchev–Trinajstić information content (AvgIpc) is 3.13. The normalized spacial score (nSPS) is 9.88. The van der Waals surface area contributed by atoms with Crippen molar-refractivity contribution in [3.05, 3.63) is 40.7 Å². The van der Waals surface area contributed by atoms with Gasteiger partial charge in [0.05, 0.1) is 37.0 Å². The highest BCUT2D eigenvalue weighted by Gasteiger charge is 2.10. The molecule has 2 aromatic heterocycles. The molecule has 0 aromatic carbocycles. The van der Waals surface area contributed by atoms with E-state index in [4.69, 9.17) is 4.74 Å². The van der Waals surface area contributed by atoms with Crippen LogP contribution in [0.5, 0.6) is 5.88 Å². The van der Waals surface area contributed by atoms with Gasteiger partial charge in [0, 0.05) is 6.07 Å². The van der Waals surface area contributed by atoms with Gasteiger partial charge in [-0.3, -0.25) is 14.4 Å². The Hall–Kier alpha value is -2.94. The largest absolute Gasteiger partial charge is 0.481 e. The van der Waals surface area contributed by atoms with Gasteiger partial charge in [-0.15, -0.1) is 11.3 Å². The molecule has 0 aliphatic rings. The SMILES string of the molecule is COc1ccc(NC(=O)CNC(=O)CNC(=O)c2cccs2)cn1. The smallest absolute Gasteiger partial charge is 0.261 e. The number of thiophene rings is 1. The molecule has 9 heteroatoms. The highest BCUT2D eigenvalue weighted by molar-refractivity contribution is 7.12. The number of nitrogens with one attached hydrogen (secondary N) is 3. The first kappa shape index (κ1) is 17.4. The molecule has 0 saturated heterocycles. The summed E-state index contributed by atoms with van der Waals surface area (Å²) < 4.78 is 4.91. The van der Waals surface area contributed by atoms with E-state index in [0.717, 1.165) is 0 Å². The number of anilines is 1. The summed E-state index contributed by atoms with van der Waals surface area (Å²) in [5.41, 5.74) is 0.487. The van der Waals surface area contributed by atoms with Crippen LogP contribution in [0.1, 0.15) is 9.67 Å². The number of hydrogen-bond donors (Lipinski definition) is 3. The fourth-order valence-electron chi connectivity index (χ4n) is 1.68. The maximum absolute atomic E-state index is 11.7. The van der Waals surface area contributed by atoms with Crippen molar-refractivity contribution < 1.29 is 19.1 Å². The summed E-state index contributed by atoms with van der Waals surface area (Å²) >= 11 is 1.28. The number of pyridine rings is 1. The molecule has 0 spiro atoms. The molecule has 8 nitrogen and oxygen atoms in total. The molecule has 0 unspecified atom stereocenters.